The minimum Gasteiger partial charge on any atom is -0.481 e. The minimum absolute atomic E-state index is 0.149. The fraction of sp³-hybridized carbons (Fsp3) is 0.769. The number of carbonyl (C=O) groups excluding carboxylic acids is 2. The number of aliphatic carboxylic acids is 1. The molecule has 0 radical (unpaired) electrons. The standard InChI is InChI=1S/C13H20N2O5/c1-13(2)8(9(13)12(18)19)11(17)15-4-5-20-6-7(15)10(16)14-3/h7-9H,4-6H2,1-3H3,(H,14,16)(H,18,19). The number of amides is 2. The number of rotatable bonds is 3. The van der Waals surface area contributed by atoms with Gasteiger partial charge in [0.25, 0.3) is 0 Å². The van der Waals surface area contributed by atoms with Gasteiger partial charge in [-0.05, 0) is 5.41 Å². The van der Waals surface area contributed by atoms with Gasteiger partial charge in [0.05, 0.1) is 25.0 Å². The third kappa shape index (κ3) is 2.26. The van der Waals surface area contributed by atoms with Gasteiger partial charge in [0, 0.05) is 13.6 Å². The first kappa shape index (κ1) is 14.8. The lowest BCUT2D eigenvalue weighted by molar-refractivity contribution is -0.151. The highest BCUT2D eigenvalue weighted by molar-refractivity contribution is 5.94. The van der Waals surface area contributed by atoms with Crippen molar-refractivity contribution >= 4 is 17.8 Å². The van der Waals surface area contributed by atoms with Crippen molar-refractivity contribution in [2.75, 3.05) is 26.8 Å². The molecule has 1 aliphatic heterocycles. The number of morpholine rings is 1. The molecule has 0 aromatic rings. The maximum atomic E-state index is 12.5. The molecule has 3 unspecified atom stereocenters. The molecule has 20 heavy (non-hydrogen) atoms. The van der Waals surface area contributed by atoms with Crippen LogP contribution in [0.15, 0.2) is 0 Å². The molecule has 1 saturated heterocycles. The Hall–Kier alpha value is -1.63. The maximum Gasteiger partial charge on any atom is 0.307 e. The molecule has 0 spiro atoms. The zero-order chi connectivity index (χ0) is 15.1. The van der Waals surface area contributed by atoms with Crippen LogP contribution in [0.2, 0.25) is 0 Å². The van der Waals surface area contributed by atoms with Gasteiger partial charge in [-0.1, -0.05) is 13.8 Å². The molecule has 2 aliphatic rings. The minimum atomic E-state index is -0.960. The van der Waals surface area contributed by atoms with Gasteiger partial charge in [-0.3, -0.25) is 14.4 Å². The van der Waals surface area contributed by atoms with Crippen molar-refractivity contribution in [3.63, 3.8) is 0 Å². The van der Waals surface area contributed by atoms with Gasteiger partial charge >= 0.3 is 5.97 Å². The van der Waals surface area contributed by atoms with Crippen molar-refractivity contribution in [2.45, 2.75) is 19.9 Å². The first-order valence-corrected chi connectivity index (χ1v) is 6.65. The Kier molecular flexibility index (Phi) is 3.73. The first-order chi connectivity index (χ1) is 9.32. The van der Waals surface area contributed by atoms with E-state index in [0.717, 1.165) is 0 Å². The predicted molar refractivity (Wildman–Crippen MR) is 68.8 cm³/mol. The summed E-state index contributed by atoms with van der Waals surface area (Å²) < 4.78 is 5.24. The Morgan fingerprint density at radius 1 is 1.30 bits per heavy atom. The summed E-state index contributed by atoms with van der Waals surface area (Å²) in [4.78, 5) is 37.0. The Labute approximate surface area is 117 Å². The number of nitrogens with zero attached hydrogens (tertiary/aromatic N) is 1. The molecule has 7 heteroatoms. The third-order valence-corrected chi connectivity index (χ3v) is 4.32. The largest absolute Gasteiger partial charge is 0.481 e. The lowest BCUT2D eigenvalue weighted by Crippen LogP contribution is -2.56. The zero-order valence-corrected chi connectivity index (χ0v) is 11.9. The van der Waals surface area contributed by atoms with E-state index in [-0.39, 0.29) is 18.4 Å². The highest BCUT2D eigenvalue weighted by Gasteiger charge is 2.67. The average molecular weight is 284 g/mol. The number of hydrogen-bond donors (Lipinski definition) is 2. The van der Waals surface area contributed by atoms with E-state index in [4.69, 9.17) is 9.84 Å². The van der Waals surface area contributed by atoms with E-state index in [1.54, 1.807) is 13.8 Å². The molecule has 2 N–H and O–H groups in total. The first-order valence-electron chi connectivity index (χ1n) is 6.65. The van der Waals surface area contributed by atoms with Crippen LogP contribution >= 0.6 is 0 Å². The maximum absolute atomic E-state index is 12.5. The van der Waals surface area contributed by atoms with Crippen molar-refractivity contribution < 1.29 is 24.2 Å². The fourth-order valence-corrected chi connectivity index (χ4v) is 2.99. The van der Waals surface area contributed by atoms with Gasteiger partial charge in [0.1, 0.15) is 6.04 Å². The molecule has 0 aromatic carbocycles. The fourth-order valence-electron chi connectivity index (χ4n) is 2.99. The summed E-state index contributed by atoms with van der Waals surface area (Å²) in [6.45, 7) is 4.36. The topological polar surface area (TPSA) is 95.9 Å². The highest BCUT2D eigenvalue weighted by Crippen LogP contribution is 2.59. The lowest BCUT2D eigenvalue weighted by atomic mass is 10.1. The molecule has 7 nitrogen and oxygen atoms in total. The summed E-state index contributed by atoms with van der Waals surface area (Å²) in [5, 5.41) is 11.7. The second kappa shape index (κ2) is 5.05. The monoisotopic (exact) mass is 284 g/mol. The van der Waals surface area contributed by atoms with E-state index >= 15 is 0 Å². The van der Waals surface area contributed by atoms with E-state index in [9.17, 15) is 14.4 Å². The number of carbonyl (C=O) groups is 3. The molecule has 2 rings (SSSR count). The number of nitrogens with one attached hydrogen (secondary N) is 1. The Balaban J connectivity index is 2.15. The molecular formula is C13H20N2O5. The number of carboxylic acids is 1. The van der Waals surface area contributed by atoms with E-state index in [0.29, 0.717) is 13.2 Å². The summed E-state index contributed by atoms with van der Waals surface area (Å²) in [6, 6.07) is -0.674. The van der Waals surface area contributed by atoms with Gasteiger partial charge in [-0.25, -0.2) is 0 Å². The molecule has 2 fully saturated rings. The quantitative estimate of drug-likeness (QED) is 0.715. The van der Waals surface area contributed by atoms with Crippen LogP contribution in [0.4, 0.5) is 0 Å². The van der Waals surface area contributed by atoms with E-state index < -0.39 is 29.3 Å². The van der Waals surface area contributed by atoms with Crippen LogP contribution in [0.5, 0.6) is 0 Å². The SMILES string of the molecule is CNC(=O)C1COCCN1C(=O)C1C(C(=O)O)C1(C)C. The second-order valence-electron chi connectivity index (χ2n) is 5.85. The van der Waals surface area contributed by atoms with Gasteiger partial charge in [-0.2, -0.15) is 0 Å². The lowest BCUT2D eigenvalue weighted by Gasteiger charge is -2.34. The molecule has 1 heterocycles. The summed E-state index contributed by atoms with van der Waals surface area (Å²) in [7, 11) is 1.50. The summed E-state index contributed by atoms with van der Waals surface area (Å²) in [5.74, 6) is -2.76. The third-order valence-electron chi connectivity index (χ3n) is 4.32. The van der Waals surface area contributed by atoms with Gasteiger partial charge in [-0.15, -0.1) is 0 Å². The van der Waals surface area contributed by atoms with E-state index in [1.165, 1.54) is 11.9 Å². The second-order valence-corrected chi connectivity index (χ2v) is 5.85. The molecule has 112 valence electrons. The van der Waals surface area contributed by atoms with Crippen molar-refractivity contribution in [3.05, 3.63) is 0 Å². The van der Waals surface area contributed by atoms with Crippen molar-refractivity contribution in [1.82, 2.24) is 10.2 Å². The summed E-state index contributed by atoms with van der Waals surface area (Å²) in [6.07, 6.45) is 0. The zero-order valence-electron chi connectivity index (χ0n) is 11.9. The van der Waals surface area contributed by atoms with Crippen LogP contribution in [0.25, 0.3) is 0 Å². The van der Waals surface area contributed by atoms with Crippen molar-refractivity contribution in [1.29, 1.82) is 0 Å². The van der Waals surface area contributed by atoms with E-state index in [1.807, 2.05) is 0 Å². The summed E-state index contributed by atoms with van der Waals surface area (Å²) >= 11 is 0. The Morgan fingerprint density at radius 3 is 2.45 bits per heavy atom. The Bertz CT molecular complexity index is 448. The van der Waals surface area contributed by atoms with Crippen LogP contribution < -0.4 is 5.32 Å². The predicted octanol–water partition coefficient (Wildman–Crippen LogP) is -0.683. The van der Waals surface area contributed by atoms with Crippen LogP contribution in [0.3, 0.4) is 0 Å². The van der Waals surface area contributed by atoms with Crippen molar-refractivity contribution in [2.24, 2.45) is 17.3 Å². The van der Waals surface area contributed by atoms with E-state index in [2.05, 4.69) is 5.32 Å². The van der Waals surface area contributed by atoms with Gasteiger partial charge < -0.3 is 20.1 Å². The van der Waals surface area contributed by atoms with Crippen LogP contribution in [-0.2, 0) is 19.1 Å². The Morgan fingerprint density at radius 2 is 1.95 bits per heavy atom. The average Bonchev–Trinajstić information content (AvgIpc) is 3.00. The van der Waals surface area contributed by atoms with Crippen LogP contribution in [-0.4, -0.2) is 60.6 Å². The molecule has 1 saturated carbocycles. The molecule has 1 aliphatic carbocycles. The molecular weight excluding hydrogens is 264 g/mol. The molecule has 0 bridgehead atoms. The molecule has 2 amide bonds. The van der Waals surface area contributed by atoms with Crippen LogP contribution in [0, 0.1) is 17.3 Å². The van der Waals surface area contributed by atoms with Crippen LogP contribution in [0.1, 0.15) is 13.8 Å². The molecule has 0 aromatic heterocycles. The molecule has 3 atom stereocenters. The number of carboxylic acid groups (broad SMARTS) is 1. The van der Waals surface area contributed by atoms with Gasteiger partial charge in [0.2, 0.25) is 11.8 Å². The highest BCUT2D eigenvalue weighted by atomic mass is 16.5. The number of likely N-dealkylation sites (N-methyl/N-ethyl adjacent to an activating group) is 1. The van der Waals surface area contributed by atoms with Gasteiger partial charge in [0.15, 0.2) is 0 Å². The number of hydrogen-bond acceptors (Lipinski definition) is 4. The van der Waals surface area contributed by atoms with Crippen molar-refractivity contribution in [3.8, 4) is 0 Å². The summed E-state index contributed by atoms with van der Waals surface area (Å²) in [5.41, 5.74) is -0.561. The number of ether oxygens (including phenoxy) is 1. The smallest absolute Gasteiger partial charge is 0.307 e. The normalized spacial score (nSPS) is 31.6.